The Morgan fingerprint density at radius 2 is 2.08 bits per heavy atom. The molecule has 1 aromatic rings. The number of carboxylic acids is 1. The van der Waals surface area contributed by atoms with Crippen molar-refractivity contribution in [1.82, 2.24) is 0 Å². The molecular weight excluding hydrogens is 158 g/mol. The summed E-state index contributed by atoms with van der Waals surface area (Å²) in [6.45, 7) is 0. The maximum atomic E-state index is 9.96. The zero-order valence-electron chi connectivity index (χ0n) is 6.18. The molecule has 0 saturated heterocycles. The lowest BCUT2D eigenvalue weighted by Crippen LogP contribution is -1.96. The van der Waals surface area contributed by atoms with Crippen LogP contribution in [-0.4, -0.2) is 17.3 Å². The van der Waals surface area contributed by atoms with E-state index in [1.807, 2.05) is 6.07 Å². The van der Waals surface area contributed by atoms with Gasteiger partial charge in [0, 0.05) is 0 Å². The fraction of sp³-hybridized carbons (Fsp3) is 0. The van der Waals surface area contributed by atoms with Gasteiger partial charge in [-0.25, -0.2) is 4.79 Å². The average molecular weight is 165 g/mol. The van der Waals surface area contributed by atoms with Gasteiger partial charge < -0.3 is 9.94 Å². The minimum absolute atomic E-state index is 0.509. The quantitative estimate of drug-likeness (QED) is 0.539. The van der Waals surface area contributed by atoms with Gasteiger partial charge in [-0.05, 0) is 12.1 Å². The summed E-state index contributed by atoms with van der Waals surface area (Å²) in [6.07, 6.45) is 0.687. The summed E-state index contributed by atoms with van der Waals surface area (Å²) in [6, 6.07) is 8.73. The van der Waals surface area contributed by atoms with Crippen molar-refractivity contribution in [2.75, 3.05) is 0 Å². The highest BCUT2D eigenvalue weighted by atomic mass is 16.6. The first-order valence-corrected chi connectivity index (χ1v) is 3.27. The summed E-state index contributed by atoms with van der Waals surface area (Å²) in [4.78, 5) is 14.7. The Kier molecular flexibility index (Phi) is 2.84. The number of rotatable bonds is 3. The molecule has 1 N–H and O–H groups in total. The van der Waals surface area contributed by atoms with Crippen molar-refractivity contribution < 1.29 is 14.7 Å². The van der Waals surface area contributed by atoms with Crippen molar-refractivity contribution in [3.05, 3.63) is 30.3 Å². The van der Waals surface area contributed by atoms with Crippen molar-refractivity contribution in [2.24, 2.45) is 5.16 Å². The van der Waals surface area contributed by atoms with Crippen molar-refractivity contribution in [3.63, 3.8) is 0 Å². The standard InChI is InChI=1S/C8H7NO3/c10-8(11)6-9-12-7-4-2-1-3-5-7/h1-6H,(H,10,11). The van der Waals surface area contributed by atoms with Crippen molar-refractivity contribution >= 4 is 12.2 Å². The minimum atomic E-state index is -1.13. The molecule has 0 heterocycles. The molecule has 0 bridgehead atoms. The highest BCUT2D eigenvalue weighted by Crippen LogP contribution is 2.07. The second-order valence-electron chi connectivity index (χ2n) is 1.98. The maximum absolute atomic E-state index is 9.96. The number of oxime groups is 1. The van der Waals surface area contributed by atoms with Gasteiger partial charge in [0.25, 0.3) is 0 Å². The van der Waals surface area contributed by atoms with E-state index in [1.54, 1.807) is 24.3 Å². The van der Waals surface area contributed by atoms with Gasteiger partial charge in [-0.3, -0.25) is 0 Å². The van der Waals surface area contributed by atoms with Crippen LogP contribution in [0.2, 0.25) is 0 Å². The van der Waals surface area contributed by atoms with Crippen LogP contribution >= 0.6 is 0 Å². The van der Waals surface area contributed by atoms with Crippen LogP contribution in [0, 0.1) is 0 Å². The first-order valence-electron chi connectivity index (χ1n) is 3.27. The average Bonchev–Trinajstić information content (AvgIpc) is 2.05. The summed E-state index contributed by atoms with van der Waals surface area (Å²) in [7, 11) is 0. The predicted molar refractivity (Wildman–Crippen MR) is 43.2 cm³/mol. The summed E-state index contributed by atoms with van der Waals surface area (Å²) in [5.74, 6) is -0.624. The van der Waals surface area contributed by atoms with Crippen LogP contribution in [0.1, 0.15) is 0 Å². The number of carbonyl (C=O) groups is 1. The zero-order valence-corrected chi connectivity index (χ0v) is 6.18. The molecule has 0 amide bonds. The van der Waals surface area contributed by atoms with Gasteiger partial charge >= 0.3 is 5.97 Å². The van der Waals surface area contributed by atoms with Gasteiger partial charge in [0.15, 0.2) is 12.0 Å². The number of aliphatic carboxylic acids is 1. The van der Waals surface area contributed by atoms with E-state index >= 15 is 0 Å². The molecule has 0 aromatic heterocycles. The lowest BCUT2D eigenvalue weighted by atomic mass is 10.3. The largest absolute Gasteiger partial charge is 0.477 e. The fourth-order valence-corrected chi connectivity index (χ4v) is 0.614. The normalized spacial score (nSPS) is 10.0. The fourth-order valence-electron chi connectivity index (χ4n) is 0.614. The number of carboxylic acid groups (broad SMARTS) is 1. The molecule has 0 atom stereocenters. The molecule has 0 spiro atoms. The SMILES string of the molecule is O=C(O)C=NOc1ccccc1. The maximum Gasteiger partial charge on any atom is 0.350 e. The third kappa shape index (κ3) is 2.83. The van der Waals surface area contributed by atoms with Gasteiger partial charge in [0.1, 0.15) is 0 Å². The first kappa shape index (κ1) is 8.26. The number of hydrogen-bond acceptors (Lipinski definition) is 3. The van der Waals surface area contributed by atoms with E-state index in [4.69, 9.17) is 9.94 Å². The molecule has 1 rings (SSSR count). The van der Waals surface area contributed by atoms with Crippen molar-refractivity contribution in [2.45, 2.75) is 0 Å². The van der Waals surface area contributed by atoms with Crippen molar-refractivity contribution in [3.8, 4) is 5.75 Å². The summed E-state index contributed by atoms with van der Waals surface area (Å²) in [5.41, 5.74) is 0. The Hall–Kier alpha value is -1.84. The summed E-state index contributed by atoms with van der Waals surface area (Å²) in [5, 5.41) is 11.4. The third-order valence-electron chi connectivity index (χ3n) is 1.06. The monoisotopic (exact) mass is 165 g/mol. The number of benzene rings is 1. The molecule has 0 radical (unpaired) electrons. The summed E-state index contributed by atoms with van der Waals surface area (Å²) >= 11 is 0. The van der Waals surface area contributed by atoms with Crippen LogP contribution in [0.15, 0.2) is 35.5 Å². The van der Waals surface area contributed by atoms with E-state index in [0.29, 0.717) is 12.0 Å². The van der Waals surface area contributed by atoms with E-state index in [2.05, 4.69) is 5.16 Å². The lowest BCUT2D eigenvalue weighted by Gasteiger charge is -1.94. The molecule has 0 saturated carbocycles. The Morgan fingerprint density at radius 1 is 1.42 bits per heavy atom. The van der Waals surface area contributed by atoms with Gasteiger partial charge in [-0.1, -0.05) is 23.4 Å². The zero-order chi connectivity index (χ0) is 8.81. The molecule has 12 heavy (non-hydrogen) atoms. The van der Waals surface area contributed by atoms with Gasteiger partial charge in [-0.2, -0.15) is 0 Å². The van der Waals surface area contributed by atoms with Gasteiger partial charge in [-0.15, -0.1) is 0 Å². The first-order chi connectivity index (χ1) is 5.79. The Labute approximate surface area is 69.1 Å². The number of nitrogens with zero attached hydrogens (tertiary/aromatic N) is 1. The predicted octanol–water partition coefficient (Wildman–Crippen LogP) is 1.14. The van der Waals surface area contributed by atoms with Crippen LogP contribution in [0.5, 0.6) is 5.75 Å². The molecule has 1 aromatic carbocycles. The molecule has 4 nitrogen and oxygen atoms in total. The van der Waals surface area contributed by atoms with E-state index in [1.165, 1.54) is 0 Å². The summed E-state index contributed by atoms with van der Waals surface area (Å²) < 4.78 is 0. The van der Waals surface area contributed by atoms with Crippen LogP contribution in [0.3, 0.4) is 0 Å². The highest BCUT2D eigenvalue weighted by molar-refractivity contribution is 6.21. The second kappa shape index (κ2) is 4.12. The number of para-hydroxylation sites is 1. The molecule has 0 aliphatic heterocycles. The van der Waals surface area contributed by atoms with Crippen LogP contribution in [-0.2, 0) is 4.79 Å². The second-order valence-corrected chi connectivity index (χ2v) is 1.98. The third-order valence-corrected chi connectivity index (χ3v) is 1.06. The van der Waals surface area contributed by atoms with E-state index in [0.717, 1.165) is 0 Å². The molecular formula is C8H7NO3. The number of hydrogen-bond donors (Lipinski definition) is 1. The molecule has 0 unspecified atom stereocenters. The molecule has 0 aliphatic rings. The molecule has 4 heteroatoms. The molecule has 0 fully saturated rings. The van der Waals surface area contributed by atoms with Crippen LogP contribution in [0.4, 0.5) is 0 Å². The van der Waals surface area contributed by atoms with E-state index in [9.17, 15) is 4.79 Å². The lowest BCUT2D eigenvalue weighted by molar-refractivity contribution is -0.128. The van der Waals surface area contributed by atoms with Gasteiger partial charge in [0.05, 0.1) is 0 Å². The highest BCUT2D eigenvalue weighted by Gasteiger charge is 1.89. The van der Waals surface area contributed by atoms with Crippen LogP contribution in [0.25, 0.3) is 0 Å². The van der Waals surface area contributed by atoms with E-state index < -0.39 is 5.97 Å². The van der Waals surface area contributed by atoms with Crippen molar-refractivity contribution in [1.29, 1.82) is 0 Å². The molecule has 0 aliphatic carbocycles. The van der Waals surface area contributed by atoms with Gasteiger partial charge in [0.2, 0.25) is 0 Å². The topological polar surface area (TPSA) is 58.9 Å². The van der Waals surface area contributed by atoms with E-state index in [-0.39, 0.29) is 0 Å². The smallest absolute Gasteiger partial charge is 0.350 e. The Bertz CT molecular complexity index is 282. The Balaban J connectivity index is 2.49. The van der Waals surface area contributed by atoms with Crippen LogP contribution < -0.4 is 4.84 Å². The minimum Gasteiger partial charge on any atom is -0.477 e. The molecule has 62 valence electrons. The Morgan fingerprint density at radius 3 is 2.67 bits per heavy atom.